The number of nitrogens with zero attached hydrogens (tertiary/aromatic N) is 3. The Labute approximate surface area is 168 Å². The first-order chi connectivity index (χ1) is 14.3. The lowest BCUT2D eigenvalue weighted by Crippen LogP contribution is -2.25. The van der Waals surface area contributed by atoms with Crippen LogP contribution in [0.4, 0.5) is 0 Å². The molecule has 0 bridgehead atoms. The molecule has 0 fully saturated rings. The van der Waals surface area contributed by atoms with Crippen molar-refractivity contribution in [1.82, 2.24) is 20.1 Å². The minimum atomic E-state index is -0.117. The zero-order chi connectivity index (χ0) is 19.9. The molecule has 4 rings (SSSR count). The van der Waals surface area contributed by atoms with Gasteiger partial charge in [-0.2, -0.15) is 5.10 Å². The van der Waals surface area contributed by atoms with Crippen LogP contribution in [0.2, 0.25) is 0 Å². The van der Waals surface area contributed by atoms with Crippen molar-refractivity contribution in [3.63, 3.8) is 0 Å². The molecule has 0 saturated heterocycles. The van der Waals surface area contributed by atoms with Crippen molar-refractivity contribution in [2.45, 2.75) is 6.42 Å². The summed E-state index contributed by atoms with van der Waals surface area (Å²) in [5, 5.41) is 7.31. The smallest absolute Gasteiger partial charge is 0.251 e. The van der Waals surface area contributed by atoms with Crippen LogP contribution in [0.5, 0.6) is 11.5 Å². The van der Waals surface area contributed by atoms with Crippen molar-refractivity contribution >= 4 is 5.91 Å². The van der Waals surface area contributed by atoms with Gasteiger partial charge in [0.1, 0.15) is 11.5 Å². The standard InChI is InChI=1S/C23H20N4O2/c28-23(19-8-10-21(11-9-19)29-22-7-4-13-24-16-22)25-14-12-18-15-26-27(17-18)20-5-2-1-3-6-20/h1-11,13,15-17H,12,14H2,(H,25,28). The molecule has 144 valence electrons. The van der Waals surface area contributed by atoms with E-state index in [1.165, 1.54) is 0 Å². The number of hydrogen-bond acceptors (Lipinski definition) is 4. The molecule has 2 aromatic heterocycles. The van der Waals surface area contributed by atoms with Gasteiger partial charge in [0.2, 0.25) is 0 Å². The van der Waals surface area contributed by atoms with E-state index in [0.29, 0.717) is 30.0 Å². The Hall–Kier alpha value is -3.93. The molecule has 0 unspecified atom stereocenters. The summed E-state index contributed by atoms with van der Waals surface area (Å²) in [6.07, 6.45) is 7.84. The van der Waals surface area contributed by atoms with E-state index < -0.39 is 0 Å². The van der Waals surface area contributed by atoms with E-state index in [1.807, 2.05) is 53.5 Å². The molecule has 4 aromatic rings. The molecular weight excluding hydrogens is 364 g/mol. The van der Waals surface area contributed by atoms with Crippen LogP contribution >= 0.6 is 0 Å². The van der Waals surface area contributed by atoms with Gasteiger partial charge in [-0.3, -0.25) is 9.78 Å². The molecule has 6 heteroatoms. The van der Waals surface area contributed by atoms with Crippen molar-refractivity contribution in [3.8, 4) is 17.2 Å². The normalized spacial score (nSPS) is 10.5. The quantitative estimate of drug-likeness (QED) is 0.522. The molecule has 0 spiro atoms. The van der Waals surface area contributed by atoms with Gasteiger partial charge in [-0.05, 0) is 60.5 Å². The molecule has 1 N–H and O–H groups in total. The number of rotatable bonds is 7. The van der Waals surface area contributed by atoms with Crippen molar-refractivity contribution in [1.29, 1.82) is 0 Å². The van der Waals surface area contributed by atoms with E-state index in [4.69, 9.17) is 4.74 Å². The topological polar surface area (TPSA) is 69.0 Å². The van der Waals surface area contributed by atoms with E-state index in [-0.39, 0.29) is 5.91 Å². The third kappa shape index (κ3) is 4.87. The summed E-state index contributed by atoms with van der Waals surface area (Å²) in [5.74, 6) is 1.19. The van der Waals surface area contributed by atoms with Crippen LogP contribution in [0.15, 0.2) is 91.5 Å². The molecule has 0 aliphatic rings. The third-order valence-electron chi connectivity index (χ3n) is 4.34. The van der Waals surface area contributed by atoms with Crippen molar-refractivity contribution in [3.05, 3.63) is 103 Å². The maximum atomic E-state index is 12.3. The van der Waals surface area contributed by atoms with E-state index in [2.05, 4.69) is 15.4 Å². The first-order valence-corrected chi connectivity index (χ1v) is 9.33. The van der Waals surface area contributed by atoms with Crippen LogP contribution in [0.1, 0.15) is 15.9 Å². The molecule has 2 aromatic carbocycles. The maximum absolute atomic E-state index is 12.3. The van der Waals surface area contributed by atoms with E-state index >= 15 is 0 Å². The van der Waals surface area contributed by atoms with Crippen LogP contribution in [-0.2, 0) is 6.42 Å². The summed E-state index contributed by atoms with van der Waals surface area (Å²) < 4.78 is 7.52. The first kappa shape index (κ1) is 18.4. The van der Waals surface area contributed by atoms with E-state index in [9.17, 15) is 4.79 Å². The zero-order valence-electron chi connectivity index (χ0n) is 15.7. The molecule has 0 saturated carbocycles. The van der Waals surface area contributed by atoms with Crippen molar-refractivity contribution < 1.29 is 9.53 Å². The lowest BCUT2D eigenvalue weighted by Gasteiger charge is -2.07. The maximum Gasteiger partial charge on any atom is 0.251 e. The molecule has 6 nitrogen and oxygen atoms in total. The Balaban J connectivity index is 1.28. The first-order valence-electron chi connectivity index (χ1n) is 9.33. The predicted octanol–water partition coefficient (Wildman–Crippen LogP) is 4.03. The third-order valence-corrected chi connectivity index (χ3v) is 4.34. The number of pyridine rings is 1. The fourth-order valence-corrected chi connectivity index (χ4v) is 2.85. The number of ether oxygens (including phenoxy) is 1. The monoisotopic (exact) mass is 384 g/mol. The molecule has 29 heavy (non-hydrogen) atoms. The second kappa shape index (κ2) is 8.84. The summed E-state index contributed by atoms with van der Waals surface area (Å²) in [6, 6.07) is 20.6. The number of amides is 1. The molecule has 2 heterocycles. The predicted molar refractivity (Wildman–Crippen MR) is 110 cm³/mol. The number of benzene rings is 2. The second-order valence-corrected chi connectivity index (χ2v) is 6.45. The Kier molecular flexibility index (Phi) is 5.62. The van der Waals surface area contributed by atoms with E-state index in [1.54, 1.807) is 42.7 Å². The highest BCUT2D eigenvalue weighted by molar-refractivity contribution is 5.94. The Morgan fingerprint density at radius 3 is 2.52 bits per heavy atom. The van der Waals surface area contributed by atoms with Gasteiger partial charge in [0.15, 0.2) is 0 Å². The SMILES string of the molecule is O=C(NCCc1cnn(-c2ccccc2)c1)c1ccc(Oc2cccnc2)cc1. The van der Waals surface area contributed by atoms with Gasteiger partial charge in [0.05, 0.1) is 18.1 Å². The number of para-hydroxylation sites is 1. The molecule has 0 aliphatic carbocycles. The number of carbonyl (C=O) groups excluding carboxylic acids is 1. The number of aromatic nitrogens is 3. The highest BCUT2D eigenvalue weighted by Gasteiger charge is 2.07. The average Bonchev–Trinajstić information content (AvgIpc) is 3.24. The zero-order valence-corrected chi connectivity index (χ0v) is 15.7. The van der Waals surface area contributed by atoms with Gasteiger partial charge in [-0.25, -0.2) is 4.68 Å². The Bertz CT molecular complexity index is 1060. The van der Waals surface area contributed by atoms with Crippen molar-refractivity contribution in [2.75, 3.05) is 6.54 Å². The minimum Gasteiger partial charge on any atom is -0.456 e. The molecule has 0 aliphatic heterocycles. The summed E-state index contributed by atoms with van der Waals surface area (Å²) in [6.45, 7) is 0.535. The number of hydrogen-bond donors (Lipinski definition) is 1. The van der Waals surface area contributed by atoms with Crippen LogP contribution < -0.4 is 10.1 Å². The van der Waals surface area contributed by atoms with Crippen LogP contribution in [0.3, 0.4) is 0 Å². The van der Waals surface area contributed by atoms with Crippen LogP contribution in [0, 0.1) is 0 Å². The number of carbonyl (C=O) groups is 1. The van der Waals surface area contributed by atoms with Crippen LogP contribution in [0.25, 0.3) is 5.69 Å². The van der Waals surface area contributed by atoms with Gasteiger partial charge in [0, 0.05) is 24.5 Å². The Morgan fingerprint density at radius 1 is 0.931 bits per heavy atom. The van der Waals surface area contributed by atoms with Gasteiger partial charge < -0.3 is 10.1 Å². The van der Waals surface area contributed by atoms with Crippen LogP contribution in [-0.4, -0.2) is 27.2 Å². The fourth-order valence-electron chi connectivity index (χ4n) is 2.85. The second-order valence-electron chi connectivity index (χ2n) is 6.45. The lowest BCUT2D eigenvalue weighted by atomic mass is 10.2. The summed E-state index contributed by atoms with van der Waals surface area (Å²) in [7, 11) is 0. The summed E-state index contributed by atoms with van der Waals surface area (Å²) in [4.78, 5) is 16.4. The summed E-state index contributed by atoms with van der Waals surface area (Å²) in [5.41, 5.74) is 2.66. The minimum absolute atomic E-state index is 0.117. The van der Waals surface area contributed by atoms with Gasteiger partial charge in [-0.15, -0.1) is 0 Å². The molecule has 0 radical (unpaired) electrons. The molecule has 1 amide bonds. The van der Waals surface area contributed by atoms with Gasteiger partial charge in [-0.1, -0.05) is 18.2 Å². The largest absolute Gasteiger partial charge is 0.456 e. The lowest BCUT2D eigenvalue weighted by molar-refractivity contribution is 0.0954. The van der Waals surface area contributed by atoms with Gasteiger partial charge in [0.25, 0.3) is 5.91 Å². The fraction of sp³-hybridized carbons (Fsp3) is 0.0870. The highest BCUT2D eigenvalue weighted by atomic mass is 16.5. The average molecular weight is 384 g/mol. The molecule has 0 atom stereocenters. The summed E-state index contributed by atoms with van der Waals surface area (Å²) >= 11 is 0. The van der Waals surface area contributed by atoms with Gasteiger partial charge >= 0.3 is 0 Å². The number of nitrogens with one attached hydrogen (secondary N) is 1. The van der Waals surface area contributed by atoms with Crippen molar-refractivity contribution in [2.24, 2.45) is 0 Å². The Morgan fingerprint density at radius 2 is 1.76 bits per heavy atom. The highest BCUT2D eigenvalue weighted by Crippen LogP contribution is 2.20. The van der Waals surface area contributed by atoms with E-state index in [0.717, 1.165) is 11.3 Å². The molecular formula is C23H20N4O2.